The number of H-pyrrole nitrogens is 1. The second kappa shape index (κ2) is 6.79. The van der Waals surface area contributed by atoms with Crippen molar-refractivity contribution in [3.8, 4) is 0 Å². The zero-order valence-electron chi connectivity index (χ0n) is 10.1. The molecule has 1 aromatic rings. The molecule has 0 aliphatic carbocycles. The summed E-state index contributed by atoms with van der Waals surface area (Å²) in [5.74, 6) is 0.165. The molecule has 17 heavy (non-hydrogen) atoms. The van der Waals surface area contributed by atoms with E-state index in [4.69, 9.17) is 0 Å². The topological polar surface area (TPSA) is 48.1 Å². The first kappa shape index (κ1) is 14.2. The SMILES string of the molecule is CN(CC(=O)c1ccc[nH]1)C1CCCNC1.Cl. The second-order valence-electron chi connectivity index (χ2n) is 4.42. The highest BCUT2D eigenvalue weighted by Gasteiger charge is 2.20. The molecule has 96 valence electrons. The number of aromatic amines is 1. The molecule has 0 bridgehead atoms. The van der Waals surface area contributed by atoms with Gasteiger partial charge in [0.2, 0.25) is 0 Å². The minimum Gasteiger partial charge on any atom is -0.359 e. The van der Waals surface area contributed by atoms with E-state index in [-0.39, 0.29) is 18.2 Å². The van der Waals surface area contributed by atoms with Crippen LogP contribution in [0, 0.1) is 0 Å². The van der Waals surface area contributed by atoms with Gasteiger partial charge >= 0.3 is 0 Å². The summed E-state index contributed by atoms with van der Waals surface area (Å²) in [7, 11) is 2.03. The number of Topliss-reactive ketones (excluding diaryl/α,β-unsaturated/α-hetero) is 1. The van der Waals surface area contributed by atoms with Crippen LogP contribution in [0.1, 0.15) is 23.3 Å². The molecule has 0 saturated carbocycles. The van der Waals surface area contributed by atoms with Crippen molar-refractivity contribution >= 4 is 18.2 Å². The fraction of sp³-hybridized carbons (Fsp3) is 0.583. The van der Waals surface area contributed by atoms with Crippen LogP contribution in [0.15, 0.2) is 18.3 Å². The maximum absolute atomic E-state index is 11.9. The Bertz CT molecular complexity index is 334. The predicted octanol–water partition coefficient (Wildman–Crippen LogP) is 1.30. The van der Waals surface area contributed by atoms with Gasteiger partial charge in [-0.25, -0.2) is 0 Å². The van der Waals surface area contributed by atoms with Gasteiger partial charge in [0.1, 0.15) is 0 Å². The number of rotatable bonds is 4. The number of aromatic nitrogens is 1. The number of hydrogen-bond donors (Lipinski definition) is 2. The number of carbonyl (C=O) groups excluding carboxylic acids is 1. The number of ketones is 1. The Hall–Kier alpha value is -0.840. The van der Waals surface area contributed by atoms with Gasteiger partial charge in [-0.2, -0.15) is 0 Å². The zero-order valence-corrected chi connectivity index (χ0v) is 10.9. The van der Waals surface area contributed by atoms with E-state index < -0.39 is 0 Å². The molecule has 4 nitrogen and oxygen atoms in total. The van der Waals surface area contributed by atoms with Crippen LogP contribution in [0.25, 0.3) is 0 Å². The molecule has 1 atom stereocenters. The molecule has 0 amide bonds. The number of nitrogens with zero attached hydrogens (tertiary/aromatic N) is 1. The maximum Gasteiger partial charge on any atom is 0.192 e. The van der Waals surface area contributed by atoms with Gasteiger partial charge in [-0.3, -0.25) is 9.69 Å². The minimum absolute atomic E-state index is 0. The van der Waals surface area contributed by atoms with Gasteiger partial charge in [0.05, 0.1) is 12.2 Å². The third-order valence-corrected chi connectivity index (χ3v) is 3.19. The van der Waals surface area contributed by atoms with Crippen LogP contribution in [0.2, 0.25) is 0 Å². The average molecular weight is 258 g/mol. The number of hydrogen-bond acceptors (Lipinski definition) is 3. The highest BCUT2D eigenvalue weighted by Crippen LogP contribution is 2.09. The van der Waals surface area contributed by atoms with E-state index in [0.717, 1.165) is 13.1 Å². The summed E-state index contributed by atoms with van der Waals surface area (Å²) in [5, 5.41) is 3.36. The van der Waals surface area contributed by atoms with Crippen molar-refractivity contribution in [2.45, 2.75) is 18.9 Å². The Morgan fingerprint density at radius 1 is 1.59 bits per heavy atom. The van der Waals surface area contributed by atoms with Gasteiger partial charge in [0, 0.05) is 18.8 Å². The average Bonchev–Trinajstić information content (AvgIpc) is 2.83. The Morgan fingerprint density at radius 3 is 3.00 bits per heavy atom. The Balaban J connectivity index is 0.00000144. The van der Waals surface area contributed by atoms with E-state index in [2.05, 4.69) is 15.2 Å². The molecule has 1 unspecified atom stereocenters. The van der Waals surface area contributed by atoms with Crippen LogP contribution >= 0.6 is 12.4 Å². The third-order valence-electron chi connectivity index (χ3n) is 3.19. The summed E-state index contributed by atoms with van der Waals surface area (Å²) >= 11 is 0. The molecule has 2 heterocycles. The highest BCUT2D eigenvalue weighted by molar-refractivity contribution is 5.95. The molecule has 1 fully saturated rings. The first-order valence-corrected chi connectivity index (χ1v) is 5.85. The molecule has 1 aliphatic rings. The number of halogens is 1. The second-order valence-corrected chi connectivity index (χ2v) is 4.42. The zero-order chi connectivity index (χ0) is 11.4. The lowest BCUT2D eigenvalue weighted by molar-refractivity contribution is 0.0902. The molecule has 0 radical (unpaired) electrons. The van der Waals surface area contributed by atoms with Crippen molar-refractivity contribution in [1.82, 2.24) is 15.2 Å². The number of carbonyl (C=O) groups is 1. The molecule has 1 aliphatic heterocycles. The summed E-state index contributed by atoms with van der Waals surface area (Å²) in [5.41, 5.74) is 0.704. The fourth-order valence-corrected chi connectivity index (χ4v) is 2.15. The smallest absolute Gasteiger partial charge is 0.192 e. The summed E-state index contributed by atoms with van der Waals surface area (Å²) in [4.78, 5) is 17.0. The Kier molecular flexibility index (Phi) is 5.68. The van der Waals surface area contributed by atoms with Gasteiger partial charge in [-0.1, -0.05) is 0 Å². The van der Waals surface area contributed by atoms with Gasteiger partial charge in [-0.15, -0.1) is 12.4 Å². The van der Waals surface area contributed by atoms with Crippen molar-refractivity contribution < 1.29 is 4.79 Å². The Morgan fingerprint density at radius 2 is 2.41 bits per heavy atom. The van der Waals surface area contributed by atoms with E-state index in [1.807, 2.05) is 19.2 Å². The normalized spacial score (nSPS) is 20.0. The van der Waals surface area contributed by atoms with Crippen molar-refractivity contribution in [3.05, 3.63) is 24.0 Å². The number of likely N-dealkylation sites (N-methyl/N-ethyl adjacent to an activating group) is 1. The van der Waals surface area contributed by atoms with Crippen LogP contribution < -0.4 is 5.32 Å². The molecule has 0 spiro atoms. The van der Waals surface area contributed by atoms with Crippen molar-refractivity contribution in [2.24, 2.45) is 0 Å². The molecular weight excluding hydrogens is 238 g/mol. The van der Waals surface area contributed by atoms with Crippen molar-refractivity contribution in [1.29, 1.82) is 0 Å². The Labute approximate surface area is 108 Å². The molecule has 5 heteroatoms. The predicted molar refractivity (Wildman–Crippen MR) is 70.9 cm³/mol. The fourth-order valence-electron chi connectivity index (χ4n) is 2.15. The van der Waals surface area contributed by atoms with E-state index in [1.165, 1.54) is 12.8 Å². The lowest BCUT2D eigenvalue weighted by atomic mass is 10.1. The number of piperidine rings is 1. The van der Waals surface area contributed by atoms with Crippen molar-refractivity contribution in [3.63, 3.8) is 0 Å². The van der Waals surface area contributed by atoms with Crippen LogP contribution in [0.4, 0.5) is 0 Å². The standard InChI is InChI=1S/C12H19N3O.ClH/c1-15(10-4-2-6-13-8-10)9-12(16)11-5-3-7-14-11;/h3,5,7,10,13-14H,2,4,6,8-9H2,1H3;1H. The lowest BCUT2D eigenvalue weighted by Gasteiger charge is -2.31. The molecule has 0 aromatic carbocycles. The summed E-state index contributed by atoms with van der Waals surface area (Å²) in [6.07, 6.45) is 4.17. The van der Waals surface area contributed by atoms with Crippen LogP contribution in [0.5, 0.6) is 0 Å². The first-order valence-electron chi connectivity index (χ1n) is 5.85. The highest BCUT2D eigenvalue weighted by atomic mass is 35.5. The van der Waals surface area contributed by atoms with E-state index in [9.17, 15) is 4.79 Å². The molecule has 1 aromatic heterocycles. The maximum atomic E-state index is 11.9. The van der Waals surface area contributed by atoms with Crippen LogP contribution in [-0.4, -0.2) is 48.4 Å². The van der Waals surface area contributed by atoms with E-state index >= 15 is 0 Å². The minimum atomic E-state index is 0. The van der Waals surface area contributed by atoms with Gasteiger partial charge < -0.3 is 10.3 Å². The summed E-state index contributed by atoms with van der Waals surface area (Å²) in [6.45, 7) is 2.59. The van der Waals surface area contributed by atoms with Gasteiger partial charge in [-0.05, 0) is 38.6 Å². The van der Waals surface area contributed by atoms with Gasteiger partial charge in [0.25, 0.3) is 0 Å². The van der Waals surface area contributed by atoms with E-state index in [0.29, 0.717) is 18.3 Å². The molecule has 2 rings (SSSR count). The molecule has 1 saturated heterocycles. The van der Waals surface area contributed by atoms with E-state index in [1.54, 1.807) is 6.20 Å². The first-order chi connectivity index (χ1) is 7.77. The molecule has 2 N–H and O–H groups in total. The largest absolute Gasteiger partial charge is 0.359 e. The lowest BCUT2D eigenvalue weighted by Crippen LogP contribution is -2.45. The summed E-state index contributed by atoms with van der Waals surface area (Å²) in [6, 6.07) is 4.18. The monoisotopic (exact) mass is 257 g/mol. The quantitative estimate of drug-likeness (QED) is 0.800. The van der Waals surface area contributed by atoms with Crippen molar-refractivity contribution in [2.75, 3.05) is 26.7 Å². The molecular formula is C12H20ClN3O. The third kappa shape index (κ3) is 3.84. The van der Waals surface area contributed by atoms with Crippen LogP contribution in [-0.2, 0) is 0 Å². The number of nitrogens with one attached hydrogen (secondary N) is 2. The van der Waals surface area contributed by atoms with Gasteiger partial charge in [0.15, 0.2) is 5.78 Å². The van der Waals surface area contributed by atoms with Crippen LogP contribution in [0.3, 0.4) is 0 Å². The summed E-state index contributed by atoms with van der Waals surface area (Å²) < 4.78 is 0.